The molecule has 1 aliphatic heterocycles. The van der Waals surface area contributed by atoms with Crippen LogP contribution < -0.4 is 0 Å². The second-order valence-corrected chi connectivity index (χ2v) is 14.7. The molecule has 0 aromatic carbocycles. The van der Waals surface area contributed by atoms with Crippen molar-refractivity contribution >= 4 is 5.97 Å². The Morgan fingerprint density at radius 1 is 0.971 bits per heavy atom. The minimum atomic E-state index is -0.0633. The Bertz CT molecular complexity index is 861. The van der Waals surface area contributed by atoms with Gasteiger partial charge in [-0.2, -0.15) is 0 Å². The molecule has 34 heavy (non-hydrogen) atoms. The monoisotopic (exact) mass is 470 g/mol. The number of allylic oxidation sites excluding steroid dienone is 1. The molecule has 2 bridgehead atoms. The topological polar surface area (TPSA) is 35.5 Å². The number of carbonyl (C=O) groups excluding carboxylic acids is 1. The number of methoxy groups -OCH3 is 1. The van der Waals surface area contributed by atoms with Crippen molar-refractivity contribution in [3.63, 3.8) is 0 Å². The van der Waals surface area contributed by atoms with Crippen LogP contribution in [0.5, 0.6) is 0 Å². The Labute approximate surface area is 208 Å². The third-order valence-electron chi connectivity index (χ3n) is 13.1. The van der Waals surface area contributed by atoms with Gasteiger partial charge in [0.15, 0.2) is 0 Å². The number of hydrogen-bond acceptors (Lipinski definition) is 3. The zero-order valence-corrected chi connectivity index (χ0v) is 23.1. The molecular formula is C31H50O3. The highest BCUT2D eigenvalue weighted by Gasteiger charge is 2.71. The van der Waals surface area contributed by atoms with Crippen molar-refractivity contribution in [2.45, 2.75) is 112 Å². The SMILES string of the molecule is C=C(C)C1CC[C@]2(C)C(CCC3[C@H]4[C@H]5OC[C@@]4(CCC5(C)C)CC[C@]32C)[C@@]1(C)CCC(=O)OC. The fourth-order valence-corrected chi connectivity index (χ4v) is 11.0. The molecular weight excluding hydrogens is 420 g/mol. The summed E-state index contributed by atoms with van der Waals surface area (Å²) < 4.78 is 11.8. The van der Waals surface area contributed by atoms with Gasteiger partial charge in [0.25, 0.3) is 0 Å². The Hall–Kier alpha value is -0.830. The van der Waals surface area contributed by atoms with E-state index in [2.05, 4.69) is 48.1 Å². The predicted molar refractivity (Wildman–Crippen MR) is 137 cm³/mol. The molecule has 3 unspecified atom stereocenters. The molecule has 1 saturated heterocycles. The third kappa shape index (κ3) is 3.13. The Morgan fingerprint density at radius 3 is 2.35 bits per heavy atom. The molecule has 9 atom stereocenters. The van der Waals surface area contributed by atoms with E-state index in [0.29, 0.717) is 46.0 Å². The third-order valence-corrected chi connectivity index (χ3v) is 13.1. The lowest BCUT2D eigenvalue weighted by Crippen LogP contribution is -2.65. The summed E-state index contributed by atoms with van der Waals surface area (Å²) in [6.07, 6.45) is 12.4. The molecule has 5 fully saturated rings. The first-order chi connectivity index (χ1) is 15.8. The Morgan fingerprint density at radius 2 is 1.68 bits per heavy atom. The fourth-order valence-electron chi connectivity index (χ4n) is 11.0. The van der Waals surface area contributed by atoms with Crippen LogP contribution in [0.15, 0.2) is 12.2 Å². The summed E-state index contributed by atoms with van der Waals surface area (Å²) in [4.78, 5) is 12.2. The van der Waals surface area contributed by atoms with Crippen LogP contribution >= 0.6 is 0 Å². The molecule has 4 aliphatic carbocycles. The largest absolute Gasteiger partial charge is 0.469 e. The van der Waals surface area contributed by atoms with Gasteiger partial charge in [-0.25, -0.2) is 0 Å². The van der Waals surface area contributed by atoms with E-state index in [1.807, 2.05) is 0 Å². The normalized spacial score (nSPS) is 51.1. The maximum atomic E-state index is 12.2. The number of hydrogen-bond donors (Lipinski definition) is 0. The van der Waals surface area contributed by atoms with Gasteiger partial charge in [0.2, 0.25) is 0 Å². The van der Waals surface area contributed by atoms with E-state index in [1.54, 1.807) is 0 Å². The van der Waals surface area contributed by atoms with Crippen molar-refractivity contribution < 1.29 is 14.3 Å². The number of carbonyl (C=O) groups is 1. The fraction of sp³-hybridized carbons (Fsp3) is 0.903. The molecule has 0 aromatic rings. The lowest BCUT2D eigenvalue weighted by molar-refractivity contribution is -0.224. The molecule has 0 spiro atoms. The average Bonchev–Trinajstić information content (AvgIpc) is 3.11. The van der Waals surface area contributed by atoms with Crippen molar-refractivity contribution in [1.82, 2.24) is 0 Å². The highest BCUT2D eigenvalue weighted by Crippen LogP contribution is 2.76. The van der Waals surface area contributed by atoms with Crippen LogP contribution in [-0.2, 0) is 14.3 Å². The summed E-state index contributed by atoms with van der Waals surface area (Å²) in [5.74, 6) is 2.56. The van der Waals surface area contributed by atoms with Gasteiger partial charge in [-0.3, -0.25) is 4.79 Å². The molecule has 0 N–H and O–H groups in total. The summed E-state index contributed by atoms with van der Waals surface area (Å²) in [6.45, 7) is 20.4. The van der Waals surface area contributed by atoms with Gasteiger partial charge in [-0.15, -0.1) is 0 Å². The van der Waals surface area contributed by atoms with Gasteiger partial charge < -0.3 is 9.47 Å². The molecule has 3 heteroatoms. The number of rotatable bonds is 4. The summed E-state index contributed by atoms with van der Waals surface area (Å²) in [7, 11) is 1.53. The van der Waals surface area contributed by atoms with Crippen molar-refractivity contribution in [3.05, 3.63) is 12.2 Å². The second-order valence-electron chi connectivity index (χ2n) is 14.7. The van der Waals surface area contributed by atoms with Crippen LogP contribution in [0.3, 0.4) is 0 Å². The zero-order chi connectivity index (χ0) is 24.7. The molecule has 0 amide bonds. The molecule has 0 aromatic heterocycles. The van der Waals surface area contributed by atoms with E-state index in [4.69, 9.17) is 9.47 Å². The molecule has 1 heterocycles. The summed E-state index contributed by atoms with van der Waals surface area (Å²) >= 11 is 0. The maximum absolute atomic E-state index is 12.2. The first kappa shape index (κ1) is 24.8. The maximum Gasteiger partial charge on any atom is 0.305 e. The van der Waals surface area contributed by atoms with Crippen molar-refractivity contribution in [2.24, 2.45) is 50.7 Å². The summed E-state index contributed by atoms with van der Waals surface area (Å²) in [5, 5.41) is 0. The number of esters is 1. The quantitative estimate of drug-likeness (QED) is 0.314. The molecule has 0 radical (unpaired) electrons. The summed E-state index contributed by atoms with van der Waals surface area (Å²) in [6, 6.07) is 0. The number of fused-ring (bicyclic) bond motifs is 3. The number of ether oxygens (including phenoxy) is 2. The zero-order valence-electron chi connectivity index (χ0n) is 23.1. The average molecular weight is 471 g/mol. The van der Waals surface area contributed by atoms with Crippen LogP contribution in [0, 0.1) is 50.7 Å². The second kappa shape index (κ2) is 7.83. The van der Waals surface area contributed by atoms with E-state index < -0.39 is 0 Å². The molecule has 5 aliphatic rings. The van der Waals surface area contributed by atoms with Gasteiger partial charge in [0.05, 0.1) is 19.8 Å². The minimum Gasteiger partial charge on any atom is -0.469 e. The molecule has 192 valence electrons. The van der Waals surface area contributed by atoms with Crippen molar-refractivity contribution in [1.29, 1.82) is 0 Å². The molecule has 5 rings (SSSR count). The Balaban J connectivity index is 1.52. The molecule has 4 saturated carbocycles. The van der Waals surface area contributed by atoms with Crippen LogP contribution in [0.4, 0.5) is 0 Å². The first-order valence-corrected chi connectivity index (χ1v) is 14.2. The first-order valence-electron chi connectivity index (χ1n) is 14.2. The van der Waals surface area contributed by atoms with Gasteiger partial charge in [0, 0.05) is 6.42 Å². The van der Waals surface area contributed by atoms with Gasteiger partial charge >= 0.3 is 5.97 Å². The van der Waals surface area contributed by atoms with E-state index in [9.17, 15) is 4.79 Å². The summed E-state index contributed by atoms with van der Waals surface area (Å²) in [5.41, 5.74) is 2.80. The van der Waals surface area contributed by atoms with Crippen LogP contribution in [0.1, 0.15) is 106 Å². The van der Waals surface area contributed by atoms with E-state index in [1.165, 1.54) is 64.0 Å². The van der Waals surface area contributed by atoms with Gasteiger partial charge in [0.1, 0.15) is 0 Å². The standard InChI is InChI=1S/C31H50O3/c1-20(2)21-11-14-30(7)23(28(21,5)13-12-24(32)33-8)10-9-22-25-26-27(3,4)15-17-31(25,19-34-26)18-16-29(22,30)6/h21-23,25-26H,1,9-19H2,2-8H3/t21?,22?,23?,25-,26+,28-,29+,30+,31+/m0/s1. The van der Waals surface area contributed by atoms with E-state index in [0.717, 1.165) is 24.9 Å². The van der Waals surface area contributed by atoms with Crippen molar-refractivity contribution in [3.8, 4) is 0 Å². The highest BCUT2D eigenvalue weighted by molar-refractivity contribution is 5.69. The van der Waals surface area contributed by atoms with Crippen LogP contribution in [0.2, 0.25) is 0 Å². The Kier molecular flexibility index (Phi) is 5.72. The van der Waals surface area contributed by atoms with Crippen molar-refractivity contribution in [2.75, 3.05) is 13.7 Å². The van der Waals surface area contributed by atoms with Gasteiger partial charge in [-0.05, 0) is 115 Å². The van der Waals surface area contributed by atoms with E-state index in [-0.39, 0.29) is 11.4 Å². The highest BCUT2D eigenvalue weighted by atomic mass is 16.5. The predicted octanol–water partition coefficient (Wildman–Crippen LogP) is 7.59. The van der Waals surface area contributed by atoms with Crippen LogP contribution in [-0.4, -0.2) is 25.8 Å². The molecule has 3 nitrogen and oxygen atoms in total. The minimum absolute atomic E-state index is 0.0633. The van der Waals surface area contributed by atoms with E-state index >= 15 is 0 Å². The van der Waals surface area contributed by atoms with Crippen LogP contribution in [0.25, 0.3) is 0 Å². The smallest absolute Gasteiger partial charge is 0.305 e. The van der Waals surface area contributed by atoms with Gasteiger partial charge in [-0.1, -0.05) is 46.8 Å². The lowest BCUT2D eigenvalue weighted by Gasteiger charge is -2.71. The lowest BCUT2D eigenvalue weighted by atomic mass is 9.33.